The predicted octanol–water partition coefficient (Wildman–Crippen LogP) is 2.87. The first-order chi connectivity index (χ1) is 12.5. The first-order valence-electron chi connectivity index (χ1n) is 8.00. The highest BCUT2D eigenvalue weighted by Crippen LogP contribution is 2.32. The van der Waals surface area contributed by atoms with E-state index in [1.54, 1.807) is 28.9 Å². The van der Waals surface area contributed by atoms with Gasteiger partial charge in [-0.15, -0.1) is 0 Å². The molecule has 132 valence electrons. The van der Waals surface area contributed by atoms with Crippen LogP contribution in [0.5, 0.6) is 0 Å². The van der Waals surface area contributed by atoms with Crippen molar-refractivity contribution in [3.63, 3.8) is 0 Å². The summed E-state index contributed by atoms with van der Waals surface area (Å²) in [7, 11) is 0. The lowest BCUT2D eigenvalue weighted by atomic mass is 9.89. The zero-order valence-electron chi connectivity index (χ0n) is 13.5. The minimum atomic E-state index is -0.661. The van der Waals surface area contributed by atoms with Crippen molar-refractivity contribution < 1.29 is 14.0 Å². The summed E-state index contributed by atoms with van der Waals surface area (Å²) in [5, 5.41) is 5.98. The summed E-state index contributed by atoms with van der Waals surface area (Å²) in [6.45, 7) is 0.215. The molecule has 0 bridgehead atoms. The largest absolute Gasteiger partial charge is 0.350 e. The van der Waals surface area contributed by atoms with Crippen LogP contribution in [-0.2, 0) is 16.1 Å². The van der Waals surface area contributed by atoms with Crippen molar-refractivity contribution in [2.45, 2.75) is 18.9 Å². The van der Waals surface area contributed by atoms with Gasteiger partial charge in [0, 0.05) is 24.5 Å². The molecule has 1 atom stereocenters. The van der Waals surface area contributed by atoms with E-state index in [2.05, 4.69) is 15.6 Å². The Labute approximate surface area is 153 Å². The van der Waals surface area contributed by atoms with E-state index >= 15 is 0 Å². The molecule has 1 aromatic carbocycles. The molecule has 3 heterocycles. The molecule has 3 aromatic rings. The molecule has 0 spiro atoms. The number of imidazole rings is 1. The Kier molecular flexibility index (Phi) is 4.08. The number of carbonyl (C=O) groups excluding carboxylic acids is 2. The van der Waals surface area contributed by atoms with Gasteiger partial charge in [0.05, 0.1) is 23.2 Å². The van der Waals surface area contributed by atoms with E-state index in [4.69, 9.17) is 11.6 Å². The van der Waals surface area contributed by atoms with Crippen LogP contribution >= 0.6 is 11.6 Å². The second-order valence-corrected chi connectivity index (χ2v) is 6.54. The molecule has 1 aliphatic heterocycles. The van der Waals surface area contributed by atoms with E-state index in [1.807, 2.05) is 0 Å². The van der Waals surface area contributed by atoms with Gasteiger partial charge >= 0.3 is 0 Å². The Morgan fingerprint density at radius 3 is 3.04 bits per heavy atom. The topological polar surface area (TPSA) is 75.5 Å². The normalized spacial score (nSPS) is 16.2. The zero-order valence-corrected chi connectivity index (χ0v) is 14.3. The maximum atomic E-state index is 13.4. The van der Waals surface area contributed by atoms with E-state index in [-0.39, 0.29) is 24.8 Å². The van der Waals surface area contributed by atoms with Gasteiger partial charge in [-0.1, -0.05) is 17.7 Å². The fraction of sp³-hybridized carbons (Fsp3) is 0.167. The number of hydrogen-bond acceptors (Lipinski definition) is 3. The molecule has 0 saturated heterocycles. The maximum absolute atomic E-state index is 13.4. The molecule has 0 saturated carbocycles. The van der Waals surface area contributed by atoms with Crippen LogP contribution in [0.1, 0.15) is 23.6 Å². The summed E-state index contributed by atoms with van der Waals surface area (Å²) in [4.78, 5) is 28.8. The molecule has 8 heteroatoms. The molecular formula is C18H14ClFN4O2. The fourth-order valence-electron chi connectivity index (χ4n) is 3.07. The molecule has 2 N–H and O–H groups in total. The quantitative estimate of drug-likeness (QED) is 0.742. The lowest BCUT2D eigenvalue weighted by Gasteiger charge is -2.24. The van der Waals surface area contributed by atoms with E-state index in [0.29, 0.717) is 22.0 Å². The second kappa shape index (κ2) is 6.42. The summed E-state index contributed by atoms with van der Waals surface area (Å²) in [6, 6.07) is 7.55. The molecule has 1 unspecified atom stereocenters. The predicted molar refractivity (Wildman–Crippen MR) is 94.4 cm³/mol. The molecule has 26 heavy (non-hydrogen) atoms. The van der Waals surface area contributed by atoms with Gasteiger partial charge in [-0.05, 0) is 29.8 Å². The number of nitrogens with zero attached hydrogens (tertiary/aromatic N) is 2. The Morgan fingerprint density at radius 1 is 1.35 bits per heavy atom. The average molecular weight is 373 g/mol. The number of carbonyl (C=O) groups is 2. The van der Waals surface area contributed by atoms with Crippen molar-refractivity contribution in [1.29, 1.82) is 0 Å². The highest BCUT2D eigenvalue weighted by atomic mass is 35.5. The summed E-state index contributed by atoms with van der Waals surface area (Å²) in [5.41, 5.74) is 2.32. The van der Waals surface area contributed by atoms with Crippen molar-refractivity contribution in [2.24, 2.45) is 0 Å². The Balaban J connectivity index is 1.52. The van der Waals surface area contributed by atoms with Crippen LogP contribution in [-0.4, -0.2) is 21.2 Å². The third kappa shape index (κ3) is 3.13. The van der Waals surface area contributed by atoms with E-state index in [1.165, 1.54) is 18.2 Å². The lowest BCUT2D eigenvalue weighted by molar-refractivity contribution is -0.126. The van der Waals surface area contributed by atoms with Gasteiger partial charge in [-0.2, -0.15) is 0 Å². The molecular weight excluding hydrogens is 359 g/mol. The smallest absolute Gasteiger partial charge is 0.228 e. The van der Waals surface area contributed by atoms with Crippen LogP contribution in [0.2, 0.25) is 5.02 Å². The Hall–Kier alpha value is -2.93. The highest BCUT2D eigenvalue weighted by molar-refractivity contribution is 6.30. The maximum Gasteiger partial charge on any atom is 0.228 e. The van der Waals surface area contributed by atoms with E-state index < -0.39 is 11.7 Å². The van der Waals surface area contributed by atoms with Crippen LogP contribution < -0.4 is 10.6 Å². The van der Waals surface area contributed by atoms with Gasteiger partial charge in [0.2, 0.25) is 11.8 Å². The summed E-state index contributed by atoms with van der Waals surface area (Å²) < 4.78 is 15.2. The Morgan fingerprint density at radius 2 is 2.19 bits per heavy atom. The Bertz CT molecular complexity index is 1030. The number of anilines is 1. The number of pyridine rings is 1. The number of nitrogens with one attached hydrogen (secondary N) is 2. The standard InChI is InChI=1S/C18H14ClFN4O2/c19-10-1-4-16-22-12(9-24(16)8-10)7-21-18(26)14-6-17(25)23-15-5-11(20)2-3-13(14)15/h1-5,8-9,14H,6-7H2,(H,21,26)(H,23,25). The van der Waals surface area contributed by atoms with Crippen molar-refractivity contribution in [1.82, 2.24) is 14.7 Å². The molecule has 0 fully saturated rings. The molecule has 6 nitrogen and oxygen atoms in total. The summed E-state index contributed by atoms with van der Waals surface area (Å²) >= 11 is 5.95. The van der Waals surface area contributed by atoms with Crippen molar-refractivity contribution in [2.75, 3.05) is 5.32 Å². The molecule has 1 aliphatic rings. The number of rotatable bonds is 3. The highest BCUT2D eigenvalue weighted by Gasteiger charge is 2.30. The van der Waals surface area contributed by atoms with Gasteiger partial charge in [-0.3, -0.25) is 9.59 Å². The molecule has 2 amide bonds. The average Bonchev–Trinajstić information content (AvgIpc) is 3.00. The summed E-state index contributed by atoms with van der Waals surface area (Å²) in [6.07, 6.45) is 3.52. The number of amides is 2. The van der Waals surface area contributed by atoms with Crippen molar-refractivity contribution in [3.05, 3.63) is 64.8 Å². The minimum Gasteiger partial charge on any atom is -0.350 e. The van der Waals surface area contributed by atoms with Crippen molar-refractivity contribution in [3.8, 4) is 0 Å². The zero-order chi connectivity index (χ0) is 18.3. The first kappa shape index (κ1) is 16.5. The third-order valence-electron chi connectivity index (χ3n) is 4.28. The van der Waals surface area contributed by atoms with Gasteiger partial charge in [0.15, 0.2) is 0 Å². The van der Waals surface area contributed by atoms with Gasteiger partial charge in [0.1, 0.15) is 11.5 Å². The van der Waals surface area contributed by atoms with E-state index in [0.717, 1.165) is 5.65 Å². The molecule has 0 aliphatic carbocycles. The van der Waals surface area contributed by atoms with E-state index in [9.17, 15) is 14.0 Å². The number of fused-ring (bicyclic) bond motifs is 2. The summed E-state index contributed by atoms with van der Waals surface area (Å²) in [5.74, 6) is -1.74. The number of benzene rings is 1. The molecule has 4 rings (SSSR count). The van der Waals surface area contributed by atoms with Crippen LogP contribution in [0.15, 0.2) is 42.7 Å². The van der Waals surface area contributed by atoms with Crippen LogP contribution in [0.4, 0.5) is 10.1 Å². The minimum absolute atomic E-state index is 0.0191. The second-order valence-electron chi connectivity index (χ2n) is 6.10. The number of aromatic nitrogens is 2. The third-order valence-corrected chi connectivity index (χ3v) is 4.50. The lowest BCUT2D eigenvalue weighted by Crippen LogP contribution is -2.34. The van der Waals surface area contributed by atoms with Gasteiger partial charge in [-0.25, -0.2) is 9.37 Å². The fourth-order valence-corrected chi connectivity index (χ4v) is 3.24. The van der Waals surface area contributed by atoms with Crippen LogP contribution in [0, 0.1) is 5.82 Å². The van der Waals surface area contributed by atoms with Gasteiger partial charge < -0.3 is 15.0 Å². The van der Waals surface area contributed by atoms with Crippen LogP contribution in [0.3, 0.4) is 0 Å². The van der Waals surface area contributed by atoms with Crippen LogP contribution in [0.25, 0.3) is 5.65 Å². The SMILES string of the molecule is O=C1CC(C(=O)NCc2cn3cc(Cl)ccc3n2)c2ccc(F)cc2N1. The number of halogens is 2. The van der Waals surface area contributed by atoms with Gasteiger partial charge in [0.25, 0.3) is 0 Å². The molecule has 2 aromatic heterocycles. The first-order valence-corrected chi connectivity index (χ1v) is 8.37. The molecule has 0 radical (unpaired) electrons. The van der Waals surface area contributed by atoms with Crippen molar-refractivity contribution >= 4 is 34.7 Å². The number of hydrogen-bond donors (Lipinski definition) is 2. The monoisotopic (exact) mass is 372 g/mol.